The molecular weight excluding hydrogens is 285 g/mol. The Bertz CT molecular complexity index is 641. The van der Waals surface area contributed by atoms with Crippen molar-refractivity contribution in [3.8, 4) is 11.8 Å². The maximum Gasteiger partial charge on any atom is 0.146 e. The highest BCUT2D eigenvalue weighted by molar-refractivity contribution is 7.12. The zero-order chi connectivity index (χ0) is 15.1. The molecule has 0 amide bonds. The molecule has 0 aliphatic heterocycles. The molecule has 0 aliphatic carbocycles. The lowest BCUT2D eigenvalue weighted by Crippen LogP contribution is -2.22. The number of thiophene rings is 1. The van der Waals surface area contributed by atoms with Gasteiger partial charge in [-0.1, -0.05) is 24.0 Å². The summed E-state index contributed by atoms with van der Waals surface area (Å²) in [5, 5.41) is 8.71. The van der Waals surface area contributed by atoms with Crippen LogP contribution in [0.15, 0.2) is 36.4 Å². The van der Waals surface area contributed by atoms with Crippen LogP contribution in [0.2, 0.25) is 0 Å². The normalized spacial score (nSPS) is 10.0. The van der Waals surface area contributed by atoms with Crippen LogP contribution in [-0.2, 0) is 6.54 Å². The van der Waals surface area contributed by atoms with Crippen molar-refractivity contribution in [3.63, 3.8) is 0 Å². The number of hydrogen-bond acceptors (Lipinski definition) is 3. The third-order valence-corrected chi connectivity index (χ3v) is 4.02. The van der Waals surface area contributed by atoms with Crippen molar-refractivity contribution < 1.29 is 9.50 Å². The molecule has 1 aromatic heterocycles. The van der Waals surface area contributed by atoms with E-state index in [4.69, 9.17) is 5.11 Å². The predicted octanol–water partition coefficient (Wildman–Crippen LogP) is 3.65. The third kappa shape index (κ3) is 4.32. The maximum absolute atomic E-state index is 13.9. The number of nitrogens with zero attached hydrogens (tertiary/aromatic N) is 1. The number of rotatable bonds is 5. The van der Waals surface area contributed by atoms with E-state index in [-0.39, 0.29) is 12.4 Å². The van der Waals surface area contributed by atoms with Crippen LogP contribution >= 0.6 is 11.3 Å². The van der Waals surface area contributed by atoms with Gasteiger partial charge < -0.3 is 10.0 Å². The van der Waals surface area contributed by atoms with Crippen molar-refractivity contribution in [3.05, 3.63) is 52.0 Å². The lowest BCUT2D eigenvalue weighted by Gasteiger charge is -2.22. The van der Waals surface area contributed by atoms with Crippen molar-refractivity contribution in [2.45, 2.75) is 19.9 Å². The monoisotopic (exact) mass is 303 g/mol. The Labute approximate surface area is 128 Å². The molecule has 0 unspecified atom stereocenters. The second kappa shape index (κ2) is 7.82. The molecule has 110 valence electrons. The van der Waals surface area contributed by atoms with Crippen molar-refractivity contribution >= 4 is 17.0 Å². The molecule has 2 nitrogen and oxygen atoms in total. The van der Waals surface area contributed by atoms with Crippen molar-refractivity contribution in [2.24, 2.45) is 0 Å². The van der Waals surface area contributed by atoms with Gasteiger partial charge in [-0.2, -0.15) is 0 Å². The summed E-state index contributed by atoms with van der Waals surface area (Å²) >= 11 is 1.61. The second-order valence-corrected chi connectivity index (χ2v) is 5.68. The van der Waals surface area contributed by atoms with Crippen LogP contribution in [0.5, 0.6) is 0 Å². The molecule has 2 rings (SSSR count). The van der Waals surface area contributed by atoms with Gasteiger partial charge >= 0.3 is 0 Å². The standard InChI is InChI=1S/C17H18FNOS/c1-2-19(17-9-4-3-8-16(17)18)13-15-11-10-14(21-15)7-5-6-12-20/h3-4,8-11,20H,2,6,12-13H2,1H3. The average Bonchev–Trinajstić information content (AvgIpc) is 2.93. The van der Waals surface area contributed by atoms with Crippen LogP contribution in [0.25, 0.3) is 0 Å². The quantitative estimate of drug-likeness (QED) is 0.852. The largest absolute Gasteiger partial charge is 0.395 e. The molecule has 1 N–H and O–H groups in total. The molecule has 0 aliphatic rings. The molecule has 1 aromatic carbocycles. The van der Waals surface area contributed by atoms with Gasteiger partial charge in [0, 0.05) is 17.8 Å². The van der Waals surface area contributed by atoms with Gasteiger partial charge in [-0.05, 0) is 31.2 Å². The van der Waals surface area contributed by atoms with Crippen molar-refractivity contribution in [1.29, 1.82) is 0 Å². The summed E-state index contributed by atoms with van der Waals surface area (Å²) in [6, 6.07) is 10.8. The first-order chi connectivity index (χ1) is 10.2. The fraction of sp³-hybridized carbons (Fsp3) is 0.294. The molecule has 2 aromatic rings. The van der Waals surface area contributed by atoms with Crippen LogP contribution in [0, 0.1) is 17.7 Å². The number of para-hydroxylation sites is 1. The predicted molar refractivity (Wildman–Crippen MR) is 86.0 cm³/mol. The molecule has 0 fully saturated rings. The second-order valence-electron chi connectivity index (χ2n) is 4.51. The first-order valence-corrected chi connectivity index (χ1v) is 7.74. The van der Waals surface area contributed by atoms with E-state index in [0.29, 0.717) is 18.7 Å². The minimum Gasteiger partial charge on any atom is -0.395 e. The summed E-state index contributed by atoms with van der Waals surface area (Å²) in [5.74, 6) is 5.74. The highest BCUT2D eigenvalue weighted by atomic mass is 32.1. The van der Waals surface area contributed by atoms with E-state index < -0.39 is 0 Å². The van der Waals surface area contributed by atoms with Gasteiger partial charge in [0.1, 0.15) is 5.82 Å². The molecule has 4 heteroatoms. The van der Waals surface area contributed by atoms with Gasteiger partial charge in [-0.3, -0.25) is 0 Å². The van der Waals surface area contributed by atoms with E-state index in [1.54, 1.807) is 23.5 Å². The zero-order valence-corrected chi connectivity index (χ0v) is 12.8. The highest BCUT2D eigenvalue weighted by Crippen LogP contribution is 2.23. The first kappa shape index (κ1) is 15.6. The Balaban J connectivity index is 2.10. The molecule has 21 heavy (non-hydrogen) atoms. The minimum atomic E-state index is -0.195. The average molecular weight is 303 g/mol. The number of anilines is 1. The smallest absolute Gasteiger partial charge is 0.146 e. The van der Waals surface area contributed by atoms with Crippen LogP contribution < -0.4 is 4.90 Å². The van der Waals surface area contributed by atoms with E-state index >= 15 is 0 Å². The number of hydrogen-bond donors (Lipinski definition) is 1. The highest BCUT2D eigenvalue weighted by Gasteiger charge is 2.10. The summed E-state index contributed by atoms with van der Waals surface area (Å²) in [4.78, 5) is 4.13. The summed E-state index contributed by atoms with van der Waals surface area (Å²) < 4.78 is 13.9. The van der Waals surface area contributed by atoms with Gasteiger partial charge in [-0.15, -0.1) is 11.3 Å². The number of halogens is 1. The topological polar surface area (TPSA) is 23.5 Å². The zero-order valence-electron chi connectivity index (χ0n) is 12.0. The van der Waals surface area contributed by atoms with E-state index in [2.05, 4.69) is 11.8 Å². The maximum atomic E-state index is 13.9. The van der Waals surface area contributed by atoms with Gasteiger partial charge in [-0.25, -0.2) is 4.39 Å². The van der Waals surface area contributed by atoms with E-state index in [1.807, 2.05) is 30.0 Å². The molecule has 0 atom stereocenters. The summed E-state index contributed by atoms with van der Waals surface area (Å²) in [6.45, 7) is 3.51. The number of aliphatic hydroxyl groups excluding tert-OH is 1. The molecule has 0 spiro atoms. The summed E-state index contributed by atoms with van der Waals surface area (Å²) in [7, 11) is 0. The van der Waals surface area contributed by atoms with Gasteiger partial charge in [0.05, 0.1) is 23.7 Å². The lowest BCUT2D eigenvalue weighted by molar-refractivity contribution is 0.305. The number of benzene rings is 1. The van der Waals surface area contributed by atoms with Crippen molar-refractivity contribution in [1.82, 2.24) is 0 Å². The Morgan fingerprint density at radius 3 is 2.76 bits per heavy atom. The van der Waals surface area contributed by atoms with Gasteiger partial charge in [0.25, 0.3) is 0 Å². The Kier molecular flexibility index (Phi) is 5.79. The Morgan fingerprint density at radius 1 is 1.24 bits per heavy atom. The van der Waals surface area contributed by atoms with Crippen LogP contribution in [0.1, 0.15) is 23.1 Å². The Hall–Kier alpha value is -1.83. The first-order valence-electron chi connectivity index (χ1n) is 6.92. The van der Waals surface area contributed by atoms with E-state index in [0.717, 1.165) is 16.3 Å². The van der Waals surface area contributed by atoms with Crippen molar-refractivity contribution in [2.75, 3.05) is 18.1 Å². The fourth-order valence-electron chi connectivity index (χ4n) is 2.00. The molecule has 0 radical (unpaired) electrons. The molecular formula is C17H18FNOS. The number of aliphatic hydroxyl groups is 1. The van der Waals surface area contributed by atoms with E-state index in [1.165, 1.54) is 6.07 Å². The SMILES string of the molecule is CCN(Cc1ccc(C#CCCO)s1)c1ccccc1F. The third-order valence-electron chi connectivity index (χ3n) is 3.03. The molecule has 1 heterocycles. The van der Waals surface area contributed by atoms with Crippen LogP contribution in [0.4, 0.5) is 10.1 Å². The summed E-state index contributed by atoms with van der Waals surface area (Å²) in [6.07, 6.45) is 0.490. The molecule has 0 saturated heterocycles. The van der Waals surface area contributed by atoms with Crippen LogP contribution in [-0.4, -0.2) is 18.3 Å². The lowest BCUT2D eigenvalue weighted by atomic mass is 10.2. The molecule has 0 bridgehead atoms. The van der Waals surface area contributed by atoms with Gasteiger partial charge in [0.15, 0.2) is 0 Å². The summed E-state index contributed by atoms with van der Waals surface area (Å²) in [5.41, 5.74) is 0.626. The van der Waals surface area contributed by atoms with Crippen LogP contribution in [0.3, 0.4) is 0 Å². The van der Waals surface area contributed by atoms with E-state index in [9.17, 15) is 4.39 Å². The Morgan fingerprint density at radius 2 is 2.05 bits per heavy atom. The van der Waals surface area contributed by atoms with Gasteiger partial charge in [0.2, 0.25) is 0 Å². The molecule has 0 saturated carbocycles. The fourth-order valence-corrected chi connectivity index (χ4v) is 2.90. The minimum absolute atomic E-state index is 0.0854.